The summed E-state index contributed by atoms with van der Waals surface area (Å²) in [6.07, 6.45) is 2.75. The molecule has 0 spiro atoms. The van der Waals surface area contributed by atoms with Gasteiger partial charge in [-0.2, -0.15) is 0 Å². The molecular formula is C10H21N. The fraction of sp³-hybridized carbons (Fsp3) is 1.00. The molecule has 1 fully saturated rings. The first kappa shape index (κ1) is 9.05. The lowest BCUT2D eigenvalue weighted by Gasteiger charge is -2.36. The summed E-state index contributed by atoms with van der Waals surface area (Å²) in [5, 5.41) is 3.67. The monoisotopic (exact) mass is 155 g/mol. The normalized spacial score (nSPS) is 39.5. The Hall–Kier alpha value is -0.0400. The van der Waals surface area contributed by atoms with Crippen LogP contribution in [-0.4, -0.2) is 12.1 Å². The van der Waals surface area contributed by atoms with Crippen LogP contribution >= 0.6 is 0 Å². The Morgan fingerprint density at radius 3 is 2.27 bits per heavy atom. The van der Waals surface area contributed by atoms with Crippen LogP contribution in [-0.2, 0) is 0 Å². The second-order valence-corrected chi connectivity index (χ2v) is 4.39. The second kappa shape index (κ2) is 3.57. The SMILES string of the molecule is CC1CCC(C)C(C(C)C)N1. The van der Waals surface area contributed by atoms with Crippen LogP contribution in [0.25, 0.3) is 0 Å². The molecule has 66 valence electrons. The molecule has 0 saturated carbocycles. The lowest BCUT2D eigenvalue weighted by Crippen LogP contribution is -2.48. The largest absolute Gasteiger partial charge is 0.311 e. The van der Waals surface area contributed by atoms with E-state index in [0.29, 0.717) is 0 Å². The third kappa shape index (κ3) is 2.19. The summed E-state index contributed by atoms with van der Waals surface area (Å²) in [5.41, 5.74) is 0. The van der Waals surface area contributed by atoms with Crippen molar-refractivity contribution in [2.75, 3.05) is 0 Å². The molecule has 11 heavy (non-hydrogen) atoms. The van der Waals surface area contributed by atoms with E-state index in [1.54, 1.807) is 0 Å². The summed E-state index contributed by atoms with van der Waals surface area (Å²) >= 11 is 0. The minimum atomic E-state index is 0.735. The van der Waals surface area contributed by atoms with Gasteiger partial charge >= 0.3 is 0 Å². The molecule has 3 unspecified atom stereocenters. The highest BCUT2D eigenvalue weighted by Gasteiger charge is 2.26. The zero-order valence-corrected chi connectivity index (χ0v) is 8.22. The van der Waals surface area contributed by atoms with Crippen LogP contribution in [0.1, 0.15) is 40.5 Å². The molecule has 0 bridgehead atoms. The quantitative estimate of drug-likeness (QED) is 0.613. The van der Waals surface area contributed by atoms with Crippen LogP contribution in [0.5, 0.6) is 0 Å². The fourth-order valence-corrected chi connectivity index (χ4v) is 2.12. The molecule has 1 aliphatic rings. The third-order valence-corrected chi connectivity index (χ3v) is 2.86. The minimum absolute atomic E-state index is 0.735. The van der Waals surface area contributed by atoms with Crippen LogP contribution < -0.4 is 5.32 Å². The van der Waals surface area contributed by atoms with Crippen molar-refractivity contribution in [3.63, 3.8) is 0 Å². The Morgan fingerprint density at radius 1 is 1.18 bits per heavy atom. The lowest BCUT2D eigenvalue weighted by atomic mass is 9.83. The van der Waals surface area contributed by atoms with Gasteiger partial charge < -0.3 is 5.32 Å². The average molecular weight is 155 g/mol. The highest BCUT2D eigenvalue weighted by molar-refractivity contribution is 4.84. The molecule has 3 atom stereocenters. The molecule has 1 nitrogen and oxygen atoms in total. The van der Waals surface area contributed by atoms with E-state index in [9.17, 15) is 0 Å². The number of rotatable bonds is 1. The number of nitrogens with one attached hydrogen (secondary N) is 1. The molecule has 1 N–H and O–H groups in total. The summed E-state index contributed by atoms with van der Waals surface area (Å²) in [6, 6.07) is 1.48. The summed E-state index contributed by atoms with van der Waals surface area (Å²) in [5.74, 6) is 1.65. The van der Waals surface area contributed by atoms with Gasteiger partial charge in [0.1, 0.15) is 0 Å². The van der Waals surface area contributed by atoms with Gasteiger partial charge in [0.05, 0.1) is 0 Å². The summed E-state index contributed by atoms with van der Waals surface area (Å²) < 4.78 is 0. The predicted octanol–water partition coefficient (Wildman–Crippen LogP) is 2.42. The average Bonchev–Trinajstić information content (AvgIpc) is 1.94. The molecule has 1 rings (SSSR count). The van der Waals surface area contributed by atoms with Gasteiger partial charge in [-0.1, -0.05) is 20.8 Å². The van der Waals surface area contributed by atoms with Gasteiger partial charge in [0.25, 0.3) is 0 Å². The van der Waals surface area contributed by atoms with Crippen LogP contribution in [0.3, 0.4) is 0 Å². The van der Waals surface area contributed by atoms with E-state index in [1.807, 2.05) is 0 Å². The van der Waals surface area contributed by atoms with Crippen LogP contribution in [0.2, 0.25) is 0 Å². The Bertz CT molecular complexity index is 120. The van der Waals surface area contributed by atoms with Crippen molar-refractivity contribution in [1.82, 2.24) is 5.32 Å². The molecule has 0 aromatic carbocycles. The standard InChI is InChI=1S/C10H21N/c1-7(2)10-8(3)5-6-9(4)11-10/h7-11H,5-6H2,1-4H3. The van der Waals surface area contributed by atoms with Gasteiger partial charge in [0.15, 0.2) is 0 Å². The maximum Gasteiger partial charge on any atom is 0.0118 e. The van der Waals surface area contributed by atoms with Crippen LogP contribution in [0, 0.1) is 11.8 Å². The maximum atomic E-state index is 3.67. The molecular weight excluding hydrogens is 134 g/mol. The van der Waals surface area contributed by atoms with Crippen molar-refractivity contribution in [2.24, 2.45) is 11.8 Å². The lowest BCUT2D eigenvalue weighted by molar-refractivity contribution is 0.207. The van der Waals surface area contributed by atoms with E-state index >= 15 is 0 Å². The van der Waals surface area contributed by atoms with Crippen molar-refractivity contribution in [3.8, 4) is 0 Å². The van der Waals surface area contributed by atoms with Gasteiger partial charge in [0, 0.05) is 12.1 Å². The molecule has 0 radical (unpaired) electrons. The number of piperidine rings is 1. The molecule has 1 heteroatoms. The van der Waals surface area contributed by atoms with Crippen LogP contribution in [0.15, 0.2) is 0 Å². The van der Waals surface area contributed by atoms with Gasteiger partial charge in [-0.15, -0.1) is 0 Å². The summed E-state index contributed by atoms with van der Waals surface area (Å²) in [7, 11) is 0. The van der Waals surface area contributed by atoms with E-state index in [1.165, 1.54) is 12.8 Å². The fourth-order valence-electron chi connectivity index (χ4n) is 2.12. The molecule has 1 saturated heterocycles. The van der Waals surface area contributed by atoms with E-state index in [2.05, 4.69) is 33.0 Å². The molecule has 1 heterocycles. The van der Waals surface area contributed by atoms with Gasteiger partial charge in [-0.3, -0.25) is 0 Å². The zero-order chi connectivity index (χ0) is 8.43. The topological polar surface area (TPSA) is 12.0 Å². The first-order valence-corrected chi connectivity index (χ1v) is 4.87. The smallest absolute Gasteiger partial charge is 0.0118 e. The second-order valence-electron chi connectivity index (χ2n) is 4.39. The van der Waals surface area contributed by atoms with Crippen LogP contribution in [0.4, 0.5) is 0 Å². The van der Waals surface area contributed by atoms with Gasteiger partial charge in [0.2, 0.25) is 0 Å². The number of hydrogen-bond acceptors (Lipinski definition) is 1. The van der Waals surface area contributed by atoms with Crippen molar-refractivity contribution in [1.29, 1.82) is 0 Å². The molecule has 0 amide bonds. The Labute approximate surface area is 70.6 Å². The van der Waals surface area contributed by atoms with Gasteiger partial charge in [-0.05, 0) is 31.6 Å². The molecule has 0 aromatic heterocycles. The first-order valence-electron chi connectivity index (χ1n) is 4.87. The van der Waals surface area contributed by atoms with E-state index in [0.717, 1.165) is 23.9 Å². The Kier molecular flexibility index (Phi) is 2.94. The maximum absolute atomic E-state index is 3.67. The first-order chi connectivity index (χ1) is 5.11. The Balaban J connectivity index is 2.47. The van der Waals surface area contributed by atoms with Gasteiger partial charge in [-0.25, -0.2) is 0 Å². The molecule has 1 aliphatic heterocycles. The number of hydrogen-bond donors (Lipinski definition) is 1. The van der Waals surface area contributed by atoms with E-state index in [4.69, 9.17) is 0 Å². The van der Waals surface area contributed by atoms with Crippen molar-refractivity contribution >= 4 is 0 Å². The van der Waals surface area contributed by atoms with Crippen molar-refractivity contribution in [3.05, 3.63) is 0 Å². The summed E-state index contributed by atoms with van der Waals surface area (Å²) in [4.78, 5) is 0. The van der Waals surface area contributed by atoms with E-state index < -0.39 is 0 Å². The molecule has 0 aliphatic carbocycles. The highest BCUT2D eigenvalue weighted by Crippen LogP contribution is 2.23. The summed E-state index contributed by atoms with van der Waals surface area (Å²) in [6.45, 7) is 9.28. The van der Waals surface area contributed by atoms with E-state index in [-0.39, 0.29) is 0 Å². The predicted molar refractivity (Wildman–Crippen MR) is 49.6 cm³/mol. The third-order valence-electron chi connectivity index (χ3n) is 2.86. The van der Waals surface area contributed by atoms with Crippen molar-refractivity contribution < 1.29 is 0 Å². The molecule has 0 aromatic rings. The highest BCUT2D eigenvalue weighted by atomic mass is 15.0. The minimum Gasteiger partial charge on any atom is -0.311 e. The zero-order valence-electron chi connectivity index (χ0n) is 8.22. The Morgan fingerprint density at radius 2 is 1.82 bits per heavy atom. The van der Waals surface area contributed by atoms with Crippen molar-refractivity contribution in [2.45, 2.75) is 52.6 Å².